The minimum absolute atomic E-state index is 0.314. The van der Waals surface area contributed by atoms with Gasteiger partial charge in [0.1, 0.15) is 12.1 Å². The average Bonchev–Trinajstić information content (AvgIpc) is 3.23. The zero-order chi connectivity index (χ0) is 16.7. The molecule has 2 heterocycles. The van der Waals surface area contributed by atoms with Gasteiger partial charge in [-0.1, -0.05) is 19.3 Å². The van der Waals surface area contributed by atoms with E-state index in [0.717, 1.165) is 40.8 Å². The van der Waals surface area contributed by atoms with E-state index >= 15 is 0 Å². The first-order valence-corrected chi connectivity index (χ1v) is 8.44. The molecule has 1 aliphatic carbocycles. The molecule has 1 aliphatic rings. The highest BCUT2D eigenvalue weighted by Crippen LogP contribution is 2.37. The lowest BCUT2D eigenvalue weighted by atomic mass is 9.94. The maximum atomic E-state index is 11.4. The van der Waals surface area contributed by atoms with Gasteiger partial charge in [-0.25, -0.2) is 9.78 Å². The number of rotatable bonds is 3. The SMILES string of the molecule is Cc1c(C(=O)O)ccc2c1nc(-c1ccoc1)n2C1CCCCC1. The normalized spacial score (nSPS) is 15.9. The quantitative estimate of drug-likeness (QED) is 0.751. The second kappa shape index (κ2) is 5.82. The van der Waals surface area contributed by atoms with Crippen LogP contribution in [-0.4, -0.2) is 20.6 Å². The molecule has 0 saturated heterocycles. The topological polar surface area (TPSA) is 68.3 Å². The van der Waals surface area contributed by atoms with Crippen LogP contribution in [0.25, 0.3) is 22.4 Å². The highest BCUT2D eigenvalue weighted by molar-refractivity contribution is 5.96. The predicted octanol–water partition coefficient (Wildman–Crippen LogP) is 4.81. The van der Waals surface area contributed by atoms with Crippen molar-refractivity contribution in [2.75, 3.05) is 0 Å². The van der Waals surface area contributed by atoms with Crippen molar-refractivity contribution < 1.29 is 14.3 Å². The van der Waals surface area contributed by atoms with Crippen LogP contribution in [0.3, 0.4) is 0 Å². The molecule has 0 radical (unpaired) electrons. The molecule has 5 heteroatoms. The van der Waals surface area contributed by atoms with E-state index in [-0.39, 0.29) is 0 Å². The third-order valence-corrected chi connectivity index (χ3v) is 5.06. The number of aromatic carboxylic acids is 1. The van der Waals surface area contributed by atoms with Gasteiger partial charge in [-0.3, -0.25) is 0 Å². The molecule has 3 aromatic rings. The Morgan fingerprint density at radius 2 is 2.04 bits per heavy atom. The van der Waals surface area contributed by atoms with Gasteiger partial charge in [0.25, 0.3) is 0 Å². The lowest BCUT2D eigenvalue weighted by molar-refractivity contribution is 0.0696. The molecule has 2 aromatic heterocycles. The van der Waals surface area contributed by atoms with Crippen LogP contribution in [0, 0.1) is 6.92 Å². The number of hydrogen-bond donors (Lipinski definition) is 1. The third-order valence-electron chi connectivity index (χ3n) is 5.06. The molecular weight excluding hydrogens is 304 g/mol. The summed E-state index contributed by atoms with van der Waals surface area (Å²) in [5.41, 5.74) is 3.76. The van der Waals surface area contributed by atoms with Crippen LogP contribution < -0.4 is 0 Å². The van der Waals surface area contributed by atoms with Crippen molar-refractivity contribution in [1.82, 2.24) is 9.55 Å². The molecule has 0 atom stereocenters. The Balaban J connectivity index is 1.98. The molecule has 1 saturated carbocycles. The predicted molar refractivity (Wildman–Crippen MR) is 91.3 cm³/mol. The minimum Gasteiger partial charge on any atom is -0.478 e. The second-order valence-electron chi connectivity index (χ2n) is 6.52. The molecule has 1 N–H and O–H groups in total. The van der Waals surface area contributed by atoms with Crippen LogP contribution in [0.1, 0.15) is 54.1 Å². The van der Waals surface area contributed by atoms with E-state index in [1.54, 1.807) is 18.6 Å². The van der Waals surface area contributed by atoms with Crippen molar-refractivity contribution in [2.24, 2.45) is 0 Å². The van der Waals surface area contributed by atoms with Crippen LogP contribution >= 0.6 is 0 Å². The Labute approximate surface area is 139 Å². The van der Waals surface area contributed by atoms with Crippen molar-refractivity contribution >= 4 is 17.0 Å². The smallest absolute Gasteiger partial charge is 0.336 e. The van der Waals surface area contributed by atoms with E-state index in [2.05, 4.69) is 4.57 Å². The Hall–Kier alpha value is -2.56. The summed E-state index contributed by atoms with van der Waals surface area (Å²) in [5, 5.41) is 9.38. The standard InChI is InChI=1S/C19H20N2O3/c1-12-15(19(22)23)7-8-16-17(12)20-18(13-9-10-24-11-13)21(16)14-5-3-2-4-6-14/h7-11,14H,2-6H2,1H3,(H,22,23). The van der Waals surface area contributed by atoms with Crippen LogP contribution in [0.15, 0.2) is 35.1 Å². The molecule has 5 nitrogen and oxygen atoms in total. The summed E-state index contributed by atoms with van der Waals surface area (Å²) in [4.78, 5) is 16.3. The summed E-state index contributed by atoms with van der Waals surface area (Å²) >= 11 is 0. The van der Waals surface area contributed by atoms with E-state index in [0.29, 0.717) is 11.6 Å². The van der Waals surface area contributed by atoms with Crippen LogP contribution in [0.4, 0.5) is 0 Å². The van der Waals surface area contributed by atoms with Crippen molar-refractivity contribution in [1.29, 1.82) is 0 Å². The van der Waals surface area contributed by atoms with Gasteiger partial charge in [-0.2, -0.15) is 0 Å². The zero-order valence-corrected chi connectivity index (χ0v) is 13.7. The van der Waals surface area contributed by atoms with E-state index in [1.165, 1.54) is 19.3 Å². The van der Waals surface area contributed by atoms with Gasteiger partial charge < -0.3 is 14.1 Å². The minimum atomic E-state index is -0.911. The fourth-order valence-corrected chi connectivity index (χ4v) is 3.83. The van der Waals surface area contributed by atoms with Crippen LogP contribution in [0.5, 0.6) is 0 Å². The Morgan fingerprint density at radius 1 is 1.25 bits per heavy atom. The van der Waals surface area contributed by atoms with Crippen LogP contribution in [-0.2, 0) is 0 Å². The van der Waals surface area contributed by atoms with Gasteiger partial charge in [0.05, 0.1) is 28.4 Å². The molecule has 0 unspecified atom stereocenters. The largest absolute Gasteiger partial charge is 0.478 e. The fourth-order valence-electron chi connectivity index (χ4n) is 3.83. The first-order chi connectivity index (χ1) is 11.7. The monoisotopic (exact) mass is 324 g/mol. The Morgan fingerprint density at radius 3 is 2.71 bits per heavy atom. The number of carbonyl (C=O) groups is 1. The second-order valence-corrected chi connectivity index (χ2v) is 6.52. The fraction of sp³-hybridized carbons (Fsp3) is 0.368. The first-order valence-electron chi connectivity index (χ1n) is 8.44. The molecule has 1 aromatic carbocycles. The summed E-state index contributed by atoms with van der Waals surface area (Å²) in [6.45, 7) is 1.84. The summed E-state index contributed by atoms with van der Waals surface area (Å²) < 4.78 is 7.54. The lowest BCUT2D eigenvalue weighted by Crippen LogP contribution is -2.14. The molecule has 0 aliphatic heterocycles. The number of aromatic nitrogens is 2. The Kier molecular flexibility index (Phi) is 3.63. The number of carboxylic acids is 1. The molecule has 1 fully saturated rings. The van der Waals surface area contributed by atoms with Gasteiger partial charge in [-0.15, -0.1) is 0 Å². The highest BCUT2D eigenvalue weighted by atomic mass is 16.4. The summed E-state index contributed by atoms with van der Waals surface area (Å²) in [6.07, 6.45) is 9.35. The average molecular weight is 324 g/mol. The number of carboxylic acid groups (broad SMARTS) is 1. The van der Waals surface area contributed by atoms with Gasteiger partial charge in [0, 0.05) is 6.04 Å². The maximum absolute atomic E-state index is 11.4. The van der Waals surface area contributed by atoms with Gasteiger partial charge in [-0.05, 0) is 43.5 Å². The number of fused-ring (bicyclic) bond motifs is 1. The van der Waals surface area contributed by atoms with Gasteiger partial charge in [0.2, 0.25) is 0 Å². The number of aryl methyl sites for hydroxylation is 1. The highest BCUT2D eigenvalue weighted by Gasteiger charge is 2.24. The van der Waals surface area contributed by atoms with Gasteiger partial charge >= 0.3 is 5.97 Å². The number of furan rings is 1. The van der Waals surface area contributed by atoms with Crippen molar-refractivity contribution in [2.45, 2.75) is 45.1 Å². The molecule has 4 rings (SSSR count). The summed E-state index contributed by atoms with van der Waals surface area (Å²) in [5.74, 6) is -0.0391. The van der Waals surface area contributed by atoms with E-state index in [1.807, 2.05) is 19.1 Å². The molecule has 124 valence electrons. The van der Waals surface area contributed by atoms with Crippen molar-refractivity contribution in [3.8, 4) is 11.4 Å². The molecule has 0 spiro atoms. The number of hydrogen-bond acceptors (Lipinski definition) is 3. The lowest BCUT2D eigenvalue weighted by Gasteiger charge is -2.25. The van der Waals surface area contributed by atoms with E-state index in [4.69, 9.17) is 9.40 Å². The third kappa shape index (κ3) is 2.31. The zero-order valence-electron chi connectivity index (χ0n) is 13.7. The molecule has 24 heavy (non-hydrogen) atoms. The van der Waals surface area contributed by atoms with Crippen LogP contribution in [0.2, 0.25) is 0 Å². The number of benzene rings is 1. The molecule has 0 bridgehead atoms. The summed E-state index contributed by atoms with van der Waals surface area (Å²) in [6, 6.07) is 5.91. The number of imidazole rings is 1. The van der Waals surface area contributed by atoms with Gasteiger partial charge in [0.15, 0.2) is 0 Å². The van der Waals surface area contributed by atoms with Crippen molar-refractivity contribution in [3.05, 3.63) is 41.9 Å². The van der Waals surface area contributed by atoms with E-state index in [9.17, 15) is 9.90 Å². The van der Waals surface area contributed by atoms with Crippen molar-refractivity contribution in [3.63, 3.8) is 0 Å². The van der Waals surface area contributed by atoms with E-state index < -0.39 is 5.97 Å². The first kappa shape index (κ1) is 15.0. The number of nitrogens with zero attached hydrogens (tertiary/aromatic N) is 2. The summed E-state index contributed by atoms with van der Waals surface area (Å²) in [7, 11) is 0. The maximum Gasteiger partial charge on any atom is 0.336 e. The molecular formula is C19H20N2O3. The Bertz CT molecular complexity index is 887. The molecule has 0 amide bonds.